The molecule has 0 spiro atoms. The van der Waals surface area contributed by atoms with E-state index >= 15 is 0 Å². The summed E-state index contributed by atoms with van der Waals surface area (Å²) in [6, 6.07) is 5.27. The van der Waals surface area contributed by atoms with Crippen molar-refractivity contribution in [2.24, 2.45) is 5.14 Å². The van der Waals surface area contributed by atoms with Gasteiger partial charge in [-0.05, 0) is 56.0 Å². The van der Waals surface area contributed by atoms with Crippen LogP contribution in [0.3, 0.4) is 0 Å². The first-order valence-corrected chi connectivity index (χ1v) is 10.1. The van der Waals surface area contributed by atoms with E-state index in [2.05, 4.69) is 11.8 Å². The van der Waals surface area contributed by atoms with Gasteiger partial charge in [0.05, 0.1) is 11.4 Å². The number of fused-ring (bicyclic) bond motifs is 1. The van der Waals surface area contributed by atoms with E-state index in [4.69, 9.17) is 5.14 Å². The van der Waals surface area contributed by atoms with Crippen LogP contribution in [0.5, 0.6) is 0 Å². The molecule has 7 heteroatoms. The molecule has 1 saturated heterocycles. The lowest BCUT2D eigenvalue weighted by Crippen LogP contribution is -2.46. The Labute approximate surface area is 143 Å². The van der Waals surface area contributed by atoms with Crippen LogP contribution in [0.15, 0.2) is 23.1 Å². The van der Waals surface area contributed by atoms with Crippen molar-refractivity contribution in [2.75, 3.05) is 24.5 Å². The summed E-state index contributed by atoms with van der Waals surface area (Å²) in [5.41, 5.74) is 1.69. The highest BCUT2D eigenvalue weighted by molar-refractivity contribution is 7.89. The summed E-state index contributed by atoms with van der Waals surface area (Å²) >= 11 is 0. The number of carbonyl (C=O) groups excluding carboxylic acids is 1. The predicted octanol–water partition coefficient (Wildman–Crippen LogP) is 1.49. The number of nitrogens with two attached hydrogens (primary N) is 1. The van der Waals surface area contributed by atoms with Crippen LogP contribution >= 0.6 is 0 Å². The Bertz CT molecular complexity index is 733. The van der Waals surface area contributed by atoms with Crippen LogP contribution in [0.25, 0.3) is 0 Å². The minimum Gasteiger partial charge on any atom is -0.311 e. The molecule has 0 bridgehead atoms. The molecular formula is C17H25N3O3S. The van der Waals surface area contributed by atoms with Crippen LogP contribution in [0, 0.1) is 0 Å². The topological polar surface area (TPSA) is 83.7 Å². The number of amides is 1. The quantitative estimate of drug-likeness (QED) is 0.891. The number of sulfonamides is 1. The molecule has 1 fully saturated rings. The SMILES string of the molecule is CCC1CCCCN1CC(=O)N1CCc2cc(S(N)(=O)=O)ccc21. The molecule has 2 N–H and O–H groups in total. The molecule has 2 aliphatic rings. The lowest BCUT2D eigenvalue weighted by molar-refractivity contribution is -0.120. The van der Waals surface area contributed by atoms with E-state index in [0.29, 0.717) is 25.6 Å². The number of anilines is 1. The van der Waals surface area contributed by atoms with E-state index in [9.17, 15) is 13.2 Å². The average molecular weight is 351 g/mol. The summed E-state index contributed by atoms with van der Waals surface area (Å²) < 4.78 is 22.9. The summed E-state index contributed by atoms with van der Waals surface area (Å²) in [4.78, 5) is 16.9. The molecule has 3 rings (SSSR count). The summed E-state index contributed by atoms with van der Waals surface area (Å²) in [6.07, 6.45) is 5.30. The highest BCUT2D eigenvalue weighted by Crippen LogP contribution is 2.30. The zero-order valence-corrected chi connectivity index (χ0v) is 14.9. The van der Waals surface area contributed by atoms with Crippen LogP contribution in [0.1, 0.15) is 38.2 Å². The number of piperidine rings is 1. The van der Waals surface area contributed by atoms with Gasteiger partial charge in [0.2, 0.25) is 15.9 Å². The fourth-order valence-electron chi connectivity index (χ4n) is 3.80. The van der Waals surface area contributed by atoms with Crippen molar-refractivity contribution in [3.63, 3.8) is 0 Å². The highest BCUT2D eigenvalue weighted by Gasteiger charge is 2.29. The van der Waals surface area contributed by atoms with Gasteiger partial charge >= 0.3 is 0 Å². The number of nitrogens with zero attached hydrogens (tertiary/aromatic N) is 2. The van der Waals surface area contributed by atoms with Crippen LogP contribution in [-0.2, 0) is 21.2 Å². The lowest BCUT2D eigenvalue weighted by Gasteiger charge is -2.35. The normalized spacial score (nSPS) is 21.8. The maximum absolute atomic E-state index is 12.8. The number of likely N-dealkylation sites (tertiary alicyclic amines) is 1. The van der Waals surface area contributed by atoms with Crippen molar-refractivity contribution in [3.05, 3.63) is 23.8 Å². The van der Waals surface area contributed by atoms with Crippen LogP contribution in [0.4, 0.5) is 5.69 Å². The number of hydrogen-bond acceptors (Lipinski definition) is 4. The molecule has 0 aromatic heterocycles. The number of hydrogen-bond donors (Lipinski definition) is 1. The van der Waals surface area contributed by atoms with Gasteiger partial charge < -0.3 is 4.90 Å². The van der Waals surface area contributed by atoms with Gasteiger partial charge in [0.1, 0.15) is 0 Å². The standard InChI is InChI=1S/C17H25N3O3S/c1-2-14-5-3-4-9-19(14)12-17(21)20-10-8-13-11-15(24(18,22)23)6-7-16(13)20/h6-7,11,14H,2-5,8-10,12H2,1H3,(H2,18,22,23). The number of benzene rings is 1. The fraction of sp³-hybridized carbons (Fsp3) is 0.588. The molecular weight excluding hydrogens is 326 g/mol. The molecule has 1 aromatic rings. The number of carbonyl (C=O) groups is 1. The molecule has 24 heavy (non-hydrogen) atoms. The first-order valence-electron chi connectivity index (χ1n) is 8.60. The molecule has 0 aliphatic carbocycles. The van der Waals surface area contributed by atoms with E-state index < -0.39 is 10.0 Å². The molecule has 1 amide bonds. The summed E-state index contributed by atoms with van der Waals surface area (Å²) in [6.45, 7) is 4.20. The maximum atomic E-state index is 12.8. The Hall–Kier alpha value is -1.44. The molecule has 6 nitrogen and oxygen atoms in total. The van der Waals surface area contributed by atoms with Crippen molar-refractivity contribution >= 4 is 21.6 Å². The Morgan fingerprint density at radius 1 is 1.29 bits per heavy atom. The van der Waals surface area contributed by atoms with E-state index in [1.165, 1.54) is 12.5 Å². The van der Waals surface area contributed by atoms with E-state index in [1.54, 1.807) is 17.0 Å². The van der Waals surface area contributed by atoms with Gasteiger partial charge in [0, 0.05) is 18.3 Å². The Balaban J connectivity index is 1.75. The largest absolute Gasteiger partial charge is 0.311 e. The maximum Gasteiger partial charge on any atom is 0.241 e. The number of primary sulfonamides is 1. The molecule has 1 atom stereocenters. The van der Waals surface area contributed by atoms with E-state index in [0.717, 1.165) is 37.1 Å². The number of rotatable bonds is 4. The Kier molecular flexibility index (Phi) is 4.94. The molecule has 1 unspecified atom stereocenters. The Morgan fingerprint density at radius 2 is 2.08 bits per heavy atom. The first kappa shape index (κ1) is 17.4. The van der Waals surface area contributed by atoms with Gasteiger partial charge in [-0.2, -0.15) is 0 Å². The second kappa shape index (κ2) is 6.82. The third-order valence-corrected chi connectivity index (χ3v) is 6.05. The lowest BCUT2D eigenvalue weighted by atomic mass is 10.00. The molecule has 0 saturated carbocycles. The van der Waals surface area contributed by atoms with Gasteiger partial charge in [-0.25, -0.2) is 13.6 Å². The smallest absolute Gasteiger partial charge is 0.241 e. The molecule has 2 aliphatic heterocycles. The van der Waals surface area contributed by atoms with Crippen LogP contribution < -0.4 is 10.0 Å². The van der Waals surface area contributed by atoms with E-state index in [1.807, 2.05) is 0 Å². The van der Waals surface area contributed by atoms with Gasteiger partial charge in [0.15, 0.2) is 0 Å². The third-order valence-electron chi connectivity index (χ3n) is 5.13. The zero-order valence-electron chi connectivity index (χ0n) is 14.1. The molecule has 1 aromatic carbocycles. The third kappa shape index (κ3) is 3.48. The molecule has 132 valence electrons. The van der Waals surface area contributed by atoms with Gasteiger partial charge in [-0.3, -0.25) is 9.69 Å². The van der Waals surface area contributed by atoms with Gasteiger partial charge in [-0.15, -0.1) is 0 Å². The summed E-state index contributed by atoms with van der Waals surface area (Å²) in [5.74, 6) is 0.0949. The van der Waals surface area contributed by atoms with Crippen molar-refractivity contribution < 1.29 is 13.2 Å². The highest BCUT2D eigenvalue weighted by atomic mass is 32.2. The second-order valence-corrected chi connectivity index (χ2v) is 8.22. The van der Waals surface area contributed by atoms with Crippen LogP contribution in [-0.4, -0.2) is 44.9 Å². The van der Waals surface area contributed by atoms with Crippen molar-refractivity contribution in [1.29, 1.82) is 0 Å². The minimum atomic E-state index is -3.71. The summed E-state index contributed by atoms with van der Waals surface area (Å²) in [7, 11) is -3.71. The predicted molar refractivity (Wildman–Crippen MR) is 93.4 cm³/mol. The zero-order chi connectivity index (χ0) is 17.3. The van der Waals surface area contributed by atoms with Crippen molar-refractivity contribution in [3.8, 4) is 0 Å². The second-order valence-electron chi connectivity index (χ2n) is 6.66. The van der Waals surface area contributed by atoms with Gasteiger partial charge in [0.25, 0.3) is 0 Å². The molecule has 2 heterocycles. The fourth-order valence-corrected chi connectivity index (χ4v) is 4.37. The van der Waals surface area contributed by atoms with Crippen LogP contribution in [0.2, 0.25) is 0 Å². The summed E-state index contributed by atoms with van der Waals surface area (Å²) in [5, 5.41) is 5.18. The minimum absolute atomic E-state index is 0.0949. The Morgan fingerprint density at radius 3 is 2.79 bits per heavy atom. The monoisotopic (exact) mass is 351 g/mol. The first-order chi connectivity index (χ1) is 11.4. The van der Waals surface area contributed by atoms with Crippen molar-refractivity contribution in [1.82, 2.24) is 4.90 Å². The van der Waals surface area contributed by atoms with Crippen molar-refractivity contribution in [2.45, 2.75) is 50.0 Å². The molecule has 0 radical (unpaired) electrons. The van der Waals surface area contributed by atoms with E-state index in [-0.39, 0.29) is 10.8 Å². The van der Waals surface area contributed by atoms with Gasteiger partial charge in [-0.1, -0.05) is 13.3 Å². The average Bonchev–Trinajstić information content (AvgIpc) is 2.97.